The van der Waals surface area contributed by atoms with Crippen molar-refractivity contribution in [2.24, 2.45) is 5.41 Å². The molecule has 2 fully saturated rings. The van der Waals surface area contributed by atoms with E-state index in [1.807, 2.05) is 4.90 Å². The van der Waals surface area contributed by atoms with Gasteiger partial charge in [0.2, 0.25) is 11.9 Å². The van der Waals surface area contributed by atoms with Crippen molar-refractivity contribution in [3.63, 3.8) is 0 Å². The molecule has 2 aliphatic rings. The van der Waals surface area contributed by atoms with Crippen molar-refractivity contribution in [1.82, 2.24) is 15.3 Å². The summed E-state index contributed by atoms with van der Waals surface area (Å²) in [6, 6.07) is 1.40. The molecule has 21 heavy (non-hydrogen) atoms. The van der Waals surface area contributed by atoms with Gasteiger partial charge in [-0.3, -0.25) is 14.6 Å². The number of aromatic nitrogens is 2. The lowest BCUT2D eigenvalue weighted by Gasteiger charge is -2.18. The summed E-state index contributed by atoms with van der Waals surface area (Å²) in [5.74, 6) is 0.310. The van der Waals surface area contributed by atoms with Crippen LogP contribution >= 0.6 is 0 Å². The molecule has 1 saturated heterocycles. The third-order valence-electron chi connectivity index (χ3n) is 4.33. The average molecular weight is 294 g/mol. The van der Waals surface area contributed by atoms with E-state index in [-0.39, 0.29) is 17.5 Å². The van der Waals surface area contributed by atoms with Crippen molar-refractivity contribution in [2.75, 3.05) is 18.0 Å². The molecule has 0 radical (unpaired) electrons. The van der Waals surface area contributed by atoms with Crippen LogP contribution in [0.15, 0.2) is 10.9 Å². The monoisotopic (exact) mass is 294 g/mol. The largest absolute Gasteiger partial charge is 0.351 e. The fraction of sp³-hybridized carbons (Fsp3) is 0.643. The standard InChI is InChI=1S/C14H19FN4O2/c1-8-5-11(20)18-13(16-8)19-4-3-9(7-19)17-12(21)14(2)6-10(14)15/h5,9-10H,3-4,6-7H2,1-2H3,(H,17,21)(H,16,18,20). The number of H-pyrrole nitrogens is 1. The Morgan fingerprint density at radius 2 is 2.33 bits per heavy atom. The number of halogens is 1. The van der Waals surface area contributed by atoms with E-state index in [1.165, 1.54) is 6.07 Å². The summed E-state index contributed by atoms with van der Waals surface area (Å²) in [4.78, 5) is 32.4. The first kappa shape index (κ1) is 14.0. The number of hydrogen-bond acceptors (Lipinski definition) is 4. The van der Waals surface area contributed by atoms with E-state index >= 15 is 0 Å². The minimum Gasteiger partial charge on any atom is -0.351 e. The van der Waals surface area contributed by atoms with E-state index in [2.05, 4.69) is 15.3 Å². The lowest BCUT2D eigenvalue weighted by Crippen LogP contribution is -2.41. The molecule has 1 amide bonds. The third-order valence-corrected chi connectivity index (χ3v) is 4.33. The van der Waals surface area contributed by atoms with Gasteiger partial charge in [0.15, 0.2) is 0 Å². The first-order valence-electron chi connectivity index (χ1n) is 7.16. The minimum absolute atomic E-state index is 0.0343. The van der Waals surface area contributed by atoms with E-state index < -0.39 is 11.6 Å². The summed E-state index contributed by atoms with van der Waals surface area (Å²) in [6.07, 6.45) is 0.0446. The number of carbonyl (C=O) groups excluding carboxylic acids is 1. The maximum Gasteiger partial charge on any atom is 0.252 e. The fourth-order valence-corrected chi connectivity index (χ4v) is 2.68. The number of rotatable bonds is 3. The molecule has 1 aromatic heterocycles. The van der Waals surface area contributed by atoms with Gasteiger partial charge in [-0.2, -0.15) is 0 Å². The highest BCUT2D eigenvalue weighted by Gasteiger charge is 2.57. The molecular formula is C14H19FN4O2. The van der Waals surface area contributed by atoms with E-state index in [0.717, 1.165) is 6.42 Å². The molecule has 1 saturated carbocycles. The van der Waals surface area contributed by atoms with E-state index in [1.54, 1.807) is 13.8 Å². The lowest BCUT2D eigenvalue weighted by molar-refractivity contribution is -0.126. The molecule has 3 rings (SSSR count). The zero-order chi connectivity index (χ0) is 15.2. The second-order valence-corrected chi connectivity index (χ2v) is 6.20. The SMILES string of the molecule is Cc1cc(=O)[nH]c(N2CCC(NC(=O)C3(C)CC3F)C2)n1. The molecule has 7 heteroatoms. The van der Waals surface area contributed by atoms with Crippen LogP contribution in [-0.2, 0) is 4.79 Å². The summed E-state index contributed by atoms with van der Waals surface area (Å²) < 4.78 is 13.2. The number of aromatic amines is 1. The van der Waals surface area contributed by atoms with Gasteiger partial charge in [-0.1, -0.05) is 0 Å². The number of aryl methyl sites for hydroxylation is 1. The predicted octanol–water partition coefficient (Wildman–Crippen LogP) is 0.521. The number of hydrogen-bond donors (Lipinski definition) is 2. The lowest BCUT2D eigenvalue weighted by atomic mass is 10.1. The van der Waals surface area contributed by atoms with Gasteiger partial charge in [-0.05, 0) is 26.7 Å². The number of carbonyl (C=O) groups is 1. The maximum absolute atomic E-state index is 13.2. The Balaban J connectivity index is 1.63. The summed E-state index contributed by atoms with van der Waals surface area (Å²) in [5, 5.41) is 2.90. The molecule has 6 nitrogen and oxygen atoms in total. The summed E-state index contributed by atoms with van der Waals surface area (Å²) >= 11 is 0. The smallest absolute Gasteiger partial charge is 0.252 e. The molecule has 2 N–H and O–H groups in total. The molecular weight excluding hydrogens is 275 g/mol. The molecule has 1 aromatic rings. The Labute approximate surface area is 121 Å². The van der Waals surface area contributed by atoms with Crippen LogP contribution < -0.4 is 15.8 Å². The van der Waals surface area contributed by atoms with Gasteiger partial charge in [0.1, 0.15) is 6.17 Å². The van der Waals surface area contributed by atoms with Crippen LogP contribution in [0.4, 0.5) is 10.3 Å². The third kappa shape index (κ3) is 2.64. The summed E-state index contributed by atoms with van der Waals surface area (Å²) in [5.41, 5.74) is -0.369. The molecule has 3 unspecified atom stereocenters. The second-order valence-electron chi connectivity index (χ2n) is 6.20. The normalized spacial score (nSPS) is 31.3. The number of nitrogens with one attached hydrogen (secondary N) is 2. The topological polar surface area (TPSA) is 78.1 Å². The fourth-order valence-electron chi connectivity index (χ4n) is 2.68. The molecule has 3 atom stereocenters. The summed E-state index contributed by atoms with van der Waals surface area (Å²) in [6.45, 7) is 4.70. The van der Waals surface area contributed by atoms with Crippen molar-refractivity contribution >= 4 is 11.9 Å². The van der Waals surface area contributed by atoms with E-state index in [4.69, 9.17) is 0 Å². The maximum atomic E-state index is 13.2. The van der Waals surface area contributed by atoms with Crippen LogP contribution in [0.5, 0.6) is 0 Å². The highest BCUT2D eigenvalue weighted by Crippen LogP contribution is 2.48. The summed E-state index contributed by atoms with van der Waals surface area (Å²) in [7, 11) is 0. The van der Waals surface area contributed by atoms with Crippen molar-refractivity contribution in [3.05, 3.63) is 22.1 Å². The molecule has 0 aromatic carbocycles. The van der Waals surface area contributed by atoms with Crippen molar-refractivity contribution < 1.29 is 9.18 Å². The van der Waals surface area contributed by atoms with Crippen molar-refractivity contribution in [2.45, 2.75) is 38.9 Å². The van der Waals surface area contributed by atoms with E-state index in [9.17, 15) is 14.0 Å². The molecule has 1 aliphatic carbocycles. The number of amides is 1. The highest BCUT2D eigenvalue weighted by atomic mass is 19.1. The van der Waals surface area contributed by atoms with Crippen LogP contribution in [0.2, 0.25) is 0 Å². The Kier molecular flexibility index (Phi) is 3.22. The zero-order valence-corrected chi connectivity index (χ0v) is 12.1. The Bertz CT molecular complexity index is 632. The Hall–Kier alpha value is -1.92. The molecule has 114 valence electrons. The average Bonchev–Trinajstić information content (AvgIpc) is 2.84. The van der Waals surface area contributed by atoms with Crippen LogP contribution in [0, 0.1) is 12.3 Å². The van der Waals surface area contributed by atoms with Crippen LogP contribution in [0.3, 0.4) is 0 Å². The first-order chi connectivity index (χ1) is 9.88. The van der Waals surface area contributed by atoms with Gasteiger partial charge >= 0.3 is 0 Å². The predicted molar refractivity (Wildman–Crippen MR) is 76.0 cm³/mol. The Morgan fingerprint density at radius 1 is 1.62 bits per heavy atom. The number of nitrogens with zero attached hydrogens (tertiary/aromatic N) is 2. The van der Waals surface area contributed by atoms with Gasteiger partial charge in [-0.15, -0.1) is 0 Å². The Morgan fingerprint density at radius 3 is 2.95 bits per heavy atom. The zero-order valence-electron chi connectivity index (χ0n) is 12.1. The molecule has 0 bridgehead atoms. The van der Waals surface area contributed by atoms with Gasteiger partial charge in [0.25, 0.3) is 5.56 Å². The van der Waals surface area contributed by atoms with Crippen LogP contribution in [0.1, 0.15) is 25.5 Å². The van der Waals surface area contributed by atoms with E-state index in [0.29, 0.717) is 31.2 Å². The van der Waals surface area contributed by atoms with Crippen molar-refractivity contribution in [1.29, 1.82) is 0 Å². The van der Waals surface area contributed by atoms with Gasteiger partial charge in [-0.25, -0.2) is 9.37 Å². The van der Waals surface area contributed by atoms with Gasteiger partial charge in [0, 0.05) is 30.9 Å². The molecule has 0 spiro atoms. The highest BCUT2D eigenvalue weighted by molar-refractivity contribution is 5.86. The number of alkyl halides is 1. The number of anilines is 1. The molecule has 1 aliphatic heterocycles. The van der Waals surface area contributed by atoms with Gasteiger partial charge < -0.3 is 10.2 Å². The molecule has 2 heterocycles. The quantitative estimate of drug-likeness (QED) is 0.852. The van der Waals surface area contributed by atoms with Gasteiger partial charge in [0.05, 0.1) is 5.41 Å². The van der Waals surface area contributed by atoms with Crippen LogP contribution in [-0.4, -0.2) is 41.2 Å². The first-order valence-corrected chi connectivity index (χ1v) is 7.16. The minimum atomic E-state index is -1.02. The van der Waals surface area contributed by atoms with Crippen molar-refractivity contribution in [3.8, 4) is 0 Å². The van der Waals surface area contributed by atoms with Crippen LogP contribution in [0.25, 0.3) is 0 Å². The second kappa shape index (κ2) is 4.82.